The third-order valence-electron chi connectivity index (χ3n) is 21.1. The van der Waals surface area contributed by atoms with Crippen molar-refractivity contribution in [2.24, 2.45) is 17.8 Å². The number of aromatic nitrogens is 5. The maximum atomic E-state index is 8.56. The quantitative estimate of drug-likeness (QED) is 0.0428. The van der Waals surface area contributed by atoms with Gasteiger partial charge in [-0.3, -0.25) is 30.4 Å². The molecule has 0 bridgehead atoms. The summed E-state index contributed by atoms with van der Waals surface area (Å²) in [7, 11) is 0. The molecule has 0 saturated carbocycles. The summed E-state index contributed by atoms with van der Waals surface area (Å²) in [6.07, 6.45) is 36.7. The molecule has 15 nitrogen and oxygen atoms in total. The molecule has 10 aromatic rings. The van der Waals surface area contributed by atoms with Crippen molar-refractivity contribution in [3.05, 3.63) is 238 Å². The van der Waals surface area contributed by atoms with E-state index >= 15 is 0 Å². The first-order valence-electron chi connectivity index (χ1n) is 45.2. The van der Waals surface area contributed by atoms with E-state index in [4.69, 9.17) is 76.0 Å². The number of benzene rings is 5. The Balaban J connectivity index is 0.000000727. The van der Waals surface area contributed by atoms with E-state index in [1.807, 2.05) is 0 Å². The average Bonchev–Trinajstić information content (AvgIpc) is 0.814. The smallest absolute Gasteiger partial charge is 0.0536 e. The van der Waals surface area contributed by atoms with Gasteiger partial charge in [-0.2, -0.15) is 27.9 Å². The maximum Gasteiger partial charge on any atom is 0.0536 e. The Bertz CT molecular complexity index is 4850. The van der Waals surface area contributed by atoms with Gasteiger partial charge in [0.25, 0.3) is 0 Å². The summed E-state index contributed by atoms with van der Waals surface area (Å²) >= 11 is 0. The molecule has 713 valence electrons. The summed E-state index contributed by atoms with van der Waals surface area (Å²) in [4.78, 5) is 23.9. The molecule has 5 aromatic heterocycles. The van der Waals surface area contributed by atoms with E-state index in [0.717, 1.165) is 101 Å². The summed E-state index contributed by atoms with van der Waals surface area (Å²) in [5.41, 5.74) is 23.9. The van der Waals surface area contributed by atoms with E-state index < -0.39 is 0 Å². The minimum absolute atomic E-state index is 0. The van der Waals surface area contributed by atoms with Crippen LogP contribution in [0.4, 0.5) is 0 Å². The molecule has 15 rings (SSSR count). The van der Waals surface area contributed by atoms with Crippen LogP contribution in [0.1, 0.15) is 288 Å². The number of fused-ring (bicyclic) bond motifs is 5. The second-order valence-corrected chi connectivity index (χ2v) is 35.1. The molecule has 13 atom stereocenters. The summed E-state index contributed by atoms with van der Waals surface area (Å²) in [5, 5.41) is 91.8. The van der Waals surface area contributed by atoms with Crippen LogP contribution < -0.4 is 0 Å². The average molecular weight is 2640 g/mol. The number of nitrogens with zero attached hydrogens (tertiary/aromatic N) is 5. The number of allylic oxidation sites excluding steroid dienone is 10. The predicted octanol–water partition coefficient (Wildman–Crippen LogP) is 22.9. The Morgan fingerprint density at radius 2 is 0.531 bits per heavy atom. The maximum absolute atomic E-state index is 8.56. The molecule has 5 radical (unpaired) electrons. The number of hydrogen-bond donors (Lipinski definition) is 10. The van der Waals surface area contributed by atoms with Crippen LogP contribution in [-0.2, 0) is 101 Å². The summed E-state index contributed by atoms with van der Waals surface area (Å²) in [6, 6.07) is 53.6. The Kier molecular flexibility index (Phi) is 60.9. The predicted molar refractivity (Wildman–Crippen MR) is 512 cm³/mol. The number of hydrogen-bond acceptors (Lipinski definition) is 15. The largest absolute Gasteiger partial charge is 0.393 e. The van der Waals surface area contributed by atoms with Gasteiger partial charge in [0.05, 0.1) is 61.0 Å². The van der Waals surface area contributed by atoms with Gasteiger partial charge in [0.2, 0.25) is 0 Å². The van der Waals surface area contributed by atoms with Crippen molar-refractivity contribution in [3.63, 3.8) is 0 Å². The van der Waals surface area contributed by atoms with Crippen molar-refractivity contribution in [2.75, 3.05) is 0 Å². The fourth-order valence-corrected chi connectivity index (χ4v) is 15.2. The van der Waals surface area contributed by atoms with Gasteiger partial charge in [-0.1, -0.05) is 236 Å². The first kappa shape index (κ1) is 121. The number of pyridine rings is 5. The van der Waals surface area contributed by atoms with Gasteiger partial charge in [-0.05, 0) is 222 Å². The molecule has 5 aliphatic rings. The molecule has 0 spiro atoms. The molecule has 0 fully saturated rings. The Morgan fingerprint density at radius 3 is 0.820 bits per heavy atom. The molecule has 5 aliphatic carbocycles. The van der Waals surface area contributed by atoms with Crippen molar-refractivity contribution in [2.45, 2.75) is 327 Å². The van der Waals surface area contributed by atoms with Gasteiger partial charge < -0.3 is 76.0 Å². The fraction of sp³-hybridized carbons (Fsp3) is 0.491. The molecular weight excluding hydrogens is 2490 g/mol. The second-order valence-electron chi connectivity index (χ2n) is 35.1. The first-order valence-corrected chi connectivity index (χ1v) is 45.2. The van der Waals surface area contributed by atoms with Crippen LogP contribution >= 0.6 is 0 Å². The Labute approximate surface area is 834 Å². The molecule has 10 N–H and O–H groups in total. The molecule has 128 heavy (non-hydrogen) atoms. The number of aliphatic hydroxyl groups is 10. The fourth-order valence-electron chi connectivity index (χ4n) is 15.2. The summed E-state index contributed by atoms with van der Waals surface area (Å²) in [5.74, 6) is 1.72. The topological polar surface area (TPSA) is 267 Å². The van der Waals surface area contributed by atoms with Gasteiger partial charge in [0, 0.05) is 128 Å². The van der Waals surface area contributed by atoms with E-state index in [2.05, 4.69) is 237 Å². The zero-order valence-electron chi connectivity index (χ0n) is 78.9. The first-order chi connectivity index (χ1) is 58.5. The third kappa shape index (κ3) is 47.1. The molecule has 0 aliphatic heterocycles. The molecule has 0 amide bonds. The monoisotopic (exact) mass is 2640 g/mol. The van der Waals surface area contributed by atoms with Crippen LogP contribution in [0.15, 0.2) is 152 Å². The van der Waals surface area contributed by atoms with Gasteiger partial charge >= 0.3 is 0 Å². The standard InChI is InChI=1S/3C17H18N.2C16H16N.5C5H12O2.5Ir/c1-12-5-3-7-14(11-12)16-10-9-15-13(2)6-4-8-17(15)18-16;1-12-4-3-5-14(10-12)17-9-7-15-11-13(2)6-8-16(15)18-17;1-12-4-3-5-15(10-12)16-9-8-14-7-6-13(2)11-17(14)18-16;1-12-7-9-16-14(11-12)8-10-15(17-16)13-5-3-2-4-6-13;1-12-7-8-14-9-10-15(17-16(14)11-12)13-5-3-2-4-6-13;5*1-4(6)3-5(2)7;;;;;/h4,6,8-10,12H,3,5,7H2,1-2H3;2*6-9,11-12H,3-5H2,1-2H3;2*7-11H,2-5H2,1H3;5*4-7H,3H2,1-2H3;;;;;/q5*-1;;;;;;;;;;. The van der Waals surface area contributed by atoms with E-state index in [1.165, 1.54) is 147 Å². The van der Waals surface area contributed by atoms with Crippen LogP contribution in [0.3, 0.4) is 0 Å². The normalized spacial score (nSPS) is 17.8. The molecule has 13 unspecified atom stereocenters. The van der Waals surface area contributed by atoms with E-state index in [9.17, 15) is 0 Å². The molecule has 5 heterocycles. The Hall–Kier alpha value is -5.30. The van der Waals surface area contributed by atoms with Gasteiger partial charge in [-0.15, -0.1) is 60.9 Å². The van der Waals surface area contributed by atoms with Crippen molar-refractivity contribution in [1.82, 2.24) is 24.9 Å². The summed E-state index contributed by atoms with van der Waals surface area (Å²) < 4.78 is 0. The van der Waals surface area contributed by atoms with Crippen LogP contribution in [-0.4, -0.2) is 137 Å². The molecular formula is C108H146Ir5N5O10-5. The van der Waals surface area contributed by atoms with Gasteiger partial charge in [0.1, 0.15) is 0 Å². The minimum Gasteiger partial charge on any atom is -0.393 e. The molecule has 20 heteroatoms. The van der Waals surface area contributed by atoms with Crippen LogP contribution in [0.5, 0.6) is 0 Å². The Morgan fingerprint density at radius 1 is 0.273 bits per heavy atom. The second kappa shape index (κ2) is 64.6. The van der Waals surface area contributed by atoms with Crippen LogP contribution in [0.2, 0.25) is 0 Å². The van der Waals surface area contributed by atoms with Crippen molar-refractivity contribution in [1.29, 1.82) is 0 Å². The van der Waals surface area contributed by atoms with Crippen LogP contribution in [0, 0.1) is 82.8 Å². The van der Waals surface area contributed by atoms with E-state index in [1.54, 1.807) is 69.2 Å². The van der Waals surface area contributed by atoms with E-state index in [-0.39, 0.29) is 162 Å². The number of aryl methyl sites for hydroxylation is 5. The SMILES string of the molecule is CC(O)CC(C)O.CC(O)CC(C)O.CC(O)CC(C)O.CC(O)CC(C)O.CC(O)CC(C)O.Cc1ccc2ccc(C3=[C-]C(C)CCC3)nc2c1.Cc1ccc2ccc(C3=[C-]CCCC3)nc2c1.Cc1ccc2nc(C3=[C-]C(C)CCC3)ccc2c1.Cc1ccc2nc(C3=[C-]CCCC3)ccc2c1.Cc1cccc2nc(C3=[C-]C(C)CCC3)ccc12.[Ir].[Ir].[Ir].[Ir].[Ir]. The van der Waals surface area contributed by atoms with Gasteiger partial charge in [0.15, 0.2) is 0 Å². The minimum atomic E-state index is -0.375. The van der Waals surface area contributed by atoms with E-state index in [0.29, 0.717) is 49.9 Å². The van der Waals surface area contributed by atoms with Crippen LogP contribution in [0.25, 0.3) is 82.4 Å². The number of aliphatic hydroxyl groups excluding tert-OH is 10. The number of rotatable bonds is 15. The third-order valence-corrected chi connectivity index (χ3v) is 21.1. The van der Waals surface area contributed by atoms with Crippen molar-refractivity contribution < 1.29 is 152 Å². The van der Waals surface area contributed by atoms with Crippen molar-refractivity contribution >= 4 is 82.4 Å². The zero-order valence-corrected chi connectivity index (χ0v) is 90.8. The van der Waals surface area contributed by atoms with Crippen molar-refractivity contribution in [3.8, 4) is 0 Å². The zero-order chi connectivity index (χ0) is 90.2. The molecule has 0 saturated heterocycles. The molecule has 5 aromatic carbocycles. The van der Waals surface area contributed by atoms with Gasteiger partial charge in [-0.25, -0.2) is 0 Å². The summed E-state index contributed by atoms with van der Waals surface area (Å²) in [6.45, 7) is 33.9.